The van der Waals surface area contributed by atoms with E-state index in [0.717, 1.165) is 38.1 Å². The molecule has 1 aliphatic heterocycles. The number of fused-ring (bicyclic) bond motifs is 1. The minimum absolute atomic E-state index is 0. The number of anilines is 1. The van der Waals surface area contributed by atoms with Gasteiger partial charge in [-0.2, -0.15) is 0 Å². The number of aromatic nitrogens is 3. The number of halogens is 3. The molecule has 6 nitrogen and oxygen atoms in total. The molecule has 1 aromatic heterocycles. The molecule has 1 amide bonds. The molecular weight excluding hydrogens is 416 g/mol. The first-order chi connectivity index (χ1) is 13.0. The molecule has 0 aliphatic carbocycles. The topological polar surface area (TPSA) is 85.8 Å². The number of carbonyl (C=O) groups excluding carboxylic acids is 1. The minimum atomic E-state index is -0.611. The van der Waals surface area contributed by atoms with Gasteiger partial charge in [0.25, 0.3) is 0 Å². The summed E-state index contributed by atoms with van der Waals surface area (Å²) in [5, 5.41) is 11.4. The maximum Gasteiger partial charge on any atom is 0.231 e. The van der Waals surface area contributed by atoms with Crippen molar-refractivity contribution in [2.24, 2.45) is 11.1 Å². The maximum absolute atomic E-state index is 14.6. The molecule has 162 valence electrons. The van der Waals surface area contributed by atoms with Crippen molar-refractivity contribution in [3.63, 3.8) is 0 Å². The van der Waals surface area contributed by atoms with Crippen LogP contribution in [-0.4, -0.2) is 27.2 Å². The van der Waals surface area contributed by atoms with Crippen molar-refractivity contribution in [2.45, 2.75) is 58.9 Å². The van der Waals surface area contributed by atoms with E-state index in [0.29, 0.717) is 29.9 Å². The average Bonchev–Trinajstić information content (AvgIpc) is 2.93. The zero-order chi connectivity index (χ0) is 19.4. The molecule has 0 saturated carbocycles. The summed E-state index contributed by atoms with van der Waals surface area (Å²) in [6.45, 7) is 4.97. The van der Waals surface area contributed by atoms with Crippen LogP contribution in [0.25, 0.3) is 11.4 Å². The second kappa shape index (κ2) is 10.9. The first kappa shape index (κ1) is 25.3. The quantitative estimate of drug-likeness (QED) is 0.691. The van der Waals surface area contributed by atoms with E-state index in [2.05, 4.69) is 15.5 Å². The van der Waals surface area contributed by atoms with Gasteiger partial charge in [-0.25, -0.2) is 4.39 Å². The maximum atomic E-state index is 14.6. The fourth-order valence-corrected chi connectivity index (χ4v) is 3.67. The fourth-order valence-electron chi connectivity index (χ4n) is 3.67. The molecule has 1 aromatic carbocycles. The molecule has 3 rings (SSSR count). The summed E-state index contributed by atoms with van der Waals surface area (Å²) >= 11 is 0. The highest BCUT2D eigenvalue weighted by molar-refractivity contribution is 5.96. The molecule has 0 fully saturated rings. The highest BCUT2D eigenvalue weighted by atomic mass is 35.5. The Morgan fingerprint density at radius 2 is 1.93 bits per heavy atom. The molecule has 0 bridgehead atoms. The zero-order valence-electron chi connectivity index (χ0n) is 16.9. The molecule has 0 spiro atoms. The Bertz CT molecular complexity index is 815. The van der Waals surface area contributed by atoms with Gasteiger partial charge in [0.15, 0.2) is 5.82 Å². The number of nitrogens with one attached hydrogen (secondary N) is 1. The molecule has 29 heavy (non-hydrogen) atoms. The highest BCUT2D eigenvalue weighted by Gasteiger charge is 2.33. The van der Waals surface area contributed by atoms with Gasteiger partial charge < -0.3 is 15.6 Å². The minimum Gasteiger partial charge on any atom is -0.329 e. The van der Waals surface area contributed by atoms with E-state index in [9.17, 15) is 9.18 Å². The standard InChI is InChI=1S/C20H28FN5O.2ClH/c1-3-20(4-2,13-22)19(27)23-14-9-10-16(21)15(12-14)18-25-24-17-8-6-5-7-11-26(17)18;;/h9-10,12H,3-8,11,13,22H2,1-2H3,(H,23,27);2*1H. The van der Waals surface area contributed by atoms with Gasteiger partial charge >= 0.3 is 0 Å². The van der Waals surface area contributed by atoms with E-state index in [-0.39, 0.29) is 43.1 Å². The van der Waals surface area contributed by atoms with E-state index in [4.69, 9.17) is 5.73 Å². The van der Waals surface area contributed by atoms with Gasteiger partial charge in [-0.05, 0) is 43.9 Å². The summed E-state index contributed by atoms with van der Waals surface area (Å²) in [5.74, 6) is 0.920. The van der Waals surface area contributed by atoms with Crippen molar-refractivity contribution in [2.75, 3.05) is 11.9 Å². The molecule has 2 aromatic rings. The number of rotatable bonds is 6. The SMILES string of the molecule is CCC(CC)(CN)C(=O)Nc1ccc(F)c(-c2nnc3n2CCCCC3)c1.Cl.Cl. The fraction of sp³-hybridized carbons (Fsp3) is 0.550. The number of hydrogen-bond acceptors (Lipinski definition) is 4. The second-order valence-corrected chi connectivity index (χ2v) is 7.24. The lowest BCUT2D eigenvalue weighted by Crippen LogP contribution is -2.41. The lowest BCUT2D eigenvalue weighted by molar-refractivity contribution is -0.125. The van der Waals surface area contributed by atoms with E-state index in [1.807, 2.05) is 18.4 Å². The summed E-state index contributed by atoms with van der Waals surface area (Å²) in [7, 11) is 0. The van der Waals surface area contributed by atoms with Crippen molar-refractivity contribution in [1.82, 2.24) is 14.8 Å². The highest BCUT2D eigenvalue weighted by Crippen LogP contribution is 2.30. The Morgan fingerprint density at radius 1 is 1.21 bits per heavy atom. The van der Waals surface area contributed by atoms with Crippen LogP contribution in [0.1, 0.15) is 51.8 Å². The first-order valence-corrected chi connectivity index (χ1v) is 9.78. The molecule has 1 aliphatic rings. The largest absolute Gasteiger partial charge is 0.329 e. The average molecular weight is 446 g/mol. The lowest BCUT2D eigenvalue weighted by atomic mass is 9.81. The van der Waals surface area contributed by atoms with Crippen LogP contribution < -0.4 is 11.1 Å². The van der Waals surface area contributed by atoms with Crippen LogP contribution >= 0.6 is 24.8 Å². The number of nitrogens with zero attached hydrogens (tertiary/aromatic N) is 3. The normalized spacial score (nSPS) is 13.5. The van der Waals surface area contributed by atoms with E-state index in [1.54, 1.807) is 12.1 Å². The second-order valence-electron chi connectivity index (χ2n) is 7.24. The van der Waals surface area contributed by atoms with Gasteiger partial charge in [-0.15, -0.1) is 35.0 Å². The van der Waals surface area contributed by atoms with Crippen LogP contribution in [0.3, 0.4) is 0 Å². The molecule has 0 unspecified atom stereocenters. The van der Waals surface area contributed by atoms with Gasteiger partial charge in [0.1, 0.15) is 11.6 Å². The van der Waals surface area contributed by atoms with Crippen LogP contribution in [0.15, 0.2) is 18.2 Å². The third-order valence-corrected chi connectivity index (χ3v) is 5.80. The molecular formula is C20H30Cl2FN5O. The third-order valence-electron chi connectivity index (χ3n) is 5.80. The zero-order valence-corrected chi connectivity index (χ0v) is 18.5. The lowest BCUT2D eigenvalue weighted by Gasteiger charge is -2.28. The monoisotopic (exact) mass is 445 g/mol. The predicted molar refractivity (Wildman–Crippen MR) is 118 cm³/mol. The van der Waals surface area contributed by atoms with Crippen molar-refractivity contribution in [3.8, 4) is 11.4 Å². The van der Waals surface area contributed by atoms with Crippen LogP contribution in [0.4, 0.5) is 10.1 Å². The summed E-state index contributed by atoms with van der Waals surface area (Å²) in [4.78, 5) is 12.8. The molecule has 0 radical (unpaired) electrons. The van der Waals surface area contributed by atoms with Crippen LogP contribution in [0.5, 0.6) is 0 Å². The number of benzene rings is 1. The molecule has 3 N–H and O–H groups in total. The first-order valence-electron chi connectivity index (χ1n) is 9.78. The van der Waals surface area contributed by atoms with Crippen LogP contribution in [0.2, 0.25) is 0 Å². The Morgan fingerprint density at radius 3 is 2.59 bits per heavy atom. The number of amides is 1. The van der Waals surface area contributed by atoms with Gasteiger partial charge in [0, 0.05) is 25.2 Å². The van der Waals surface area contributed by atoms with E-state index >= 15 is 0 Å². The van der Waals surface area contributed by atoms with Crippen molar-refractivity contribution in [1.29, 1.82) is 0 Å². The van der Waals surface area contributed by atoms with Crippen molar-refractivity contribution >= 4 is 36.4 Å². The Labute approximate surface area is 183 Å². The van der Waals surface area contributed by atoms with Crippen molar-refractivity contribution in [3.05, 3.63) is 29.8 Å². The number of carbonyl (C=O) groups is 1. The molecule has 2 heterocycles. The van der Waals surface area contributed by atoms with E-state index in [1.165, 1.54) is 6.07 Å². The van der Waals surface area contributed by atoms with Gasteiger partial charge in [-0.3, -0.25) is 4.79 Å². The number of nitrogens with two attached hydrogens (primary N) is 1. The number of hydrogen-bond donors (Lipinski definition) is 2. The van der Waals surface area contributed by atoms with Gasteiger partial charge in [0.05, 0.1) is 11.0 Å². The predicted octanol–water partition coefficient (Wildman–Crippen LogP) is 4.36. The van der Waals surface area contributed by atoms with Crippen LogP contribution in [-0.2, 0) is 17.8 Å². The Balaban J connectivity index is 0.00000210. The molecule has 0 saturated heterocycles. The summed E-state index contributed by atoms with van der Waals surface area (Å²) < 4.78 is 16.6. The number of aryl methyl sites for hydroxylation is 1. The van der Waals surface area contributed by atoms with Gasteiger partial charge in [-0.1, -0.05) is 20.3 Å². The summed E-state index contributed by atoms with van der Waals surface area (Å²) in [5.41, 5.74) is 6.16. The van der Waals surface area contributed by atoms with E-state index < -0.39 is 5.41 Å². The Kier molecular flexibility index (Phi) is 9.52. The summed E-state index contributed by atoms with van der Waals surface area (Å²) in [6, 6.07) is 4.58. The van der Waals surface area contributed by atoms with Crippen LogP contribution in [0, 0.1) is 11.2 Å². The smallest absolute Gasteiger partial charge is 0.231 e. The summed E-state index contributed by atoms with van der Waals surface area (Å²) in [6.07, 6.45) is 5.40. The Hall–Kier alpha value is -1.70. The van der Waals surface area contributed by atoms with Gasteiger partial charge in [0.2, 0.25) is 5.91 Å². The molecule has 9 heteroatoms. The van der Waals surface area contributed by atoms with Crippen molar-refractivity contribution < 1.29 is 9.18 Å². The third kappa shape index (κ3) is 5.08. The molecule has 0 atom stereocenters.